The summed E-state index contributed by atoms with van der Waals surface area (Å²) in [4.78, 5) is 10.4. The first-order valence-corrected chi connectivity index (χ1v) is 15.7. The molecule has 0 unspecified atom stereocenters. The third-order valence-corrected chi connectivity index (χ3v) is 9.77. The van der Waals surface area contributed by atoms with Crippen molar-refractivity contribution in [2.45, 2.75) is 13.1 Å². The van der Waals surface area contributed by atoms with Crippen molar-refractivity contribution < 1.29 is 0 Å². The summed E-state index contributed by atoms with van der Waals surface area (Å²) in [5, 5.41) is 4.86. The molecule has 2 bridgehead atoms. The zero-order chi connectivity index (χ0) is 27.9. The quantitative estimate of drug-likeness (QED) is 0.171. The first kappa shape index (κ1) is 24.5. The third kappa shape index (κ3) is 3.61. The largest absolute Gasteiger partial charge is 0.349 e. The Hall–Kier alpha value is -4.13. The van der Waals surface area contributed by atoms with Crippen LogP contribution in [0.3, 0.4) is 0 Å². The second-order valence-corrected chi connectivity index (χ2v) is 13.0. The van der Waals surface area contributed by atoms with Crippen molar-refractivity contribution in [3.63, 3.8) is 0 Å². The number of fused-ring (bicyclic) bond motifs is 12. The molecule has 0 N–H and O–H groups in total. The van der Waals surface area contributed by atoms with Crippen LogP contribution in [0, 0.1) is 0 Å². The lowest BCUT2D eigenvalue weighted by molar-refractivity contribution is 0.651. The number of halogens is 2. The van der Waals surface area contributed by atoms with E-state index >= 15 is 0 Å². The van der Waals surface area contributed by atoms with Crippen molar-refractivity contribution in [1.29, 1.82) is 0 Å². The molecule has 1 aromatic heterocycles. The molecule has 0 saturated carbocycles. The van der Waals surface area contributed by atoms with Crippen LogP contribution >= 0.6 is 31.9 Å². The molecule has 202 valence electrons. The fraction of sp³-hybridized carbons (Fsp3) is 0.0833. The lowest BCUT2D eigenvalue weighted by Gasteiger charge is -2.45. The molecule has 0 saturated heterocycles. The highest BCUT2D eigenvalue weighted by atomic mass is 79.9. The first-order valence-electron chi connectivity index (χ1n) is 14.1. The van der Waals surface area contributed by atoms with Gasteiger partial charge in [0.1, 0.15) is 5.82 Å². The zero-order valence-electron chi connectivity index (χ0n) is 22.6. The Morgan fingerprint density at radius 2 is 1.17 bits per heavy atom. The molecule has 2 aliphatic rings. The highest BCUT2D eigenvalue weighted by molar-refractivity contribution is 9.10. The predicted octanol–water partition coefficient (Wildman–Crippen LogP) is 9.82. The van der Waals surface area contributed by atoms with E-state index in [2.05, 4.69) is 155 Å². The molecule has 9 rings (SSSR count). The summed E-state index contributed by atoms with van der Waals surface area (Å²) in [6.45, 7) is 2.68. The molecule has 2 aliphatic heterocycles. The number of aromatic nitrogens is 2. The maximum Gasteiger partial charge on any atom is 0.145 e. The molecule has 0 amide bonds. The minimum Gasteiger partial charge on any atom is -0.349 e. The average Bonchev–Trinajstić information content (AvgIpc) is 3.43. The van der Waals surface area contributed by atoms with E-state index in [1.54, 1.807) is 0 Å². The Kier molecular flexibility index (Phi) is 5.35. The summed E-state index contributed by atoms with van der Waals surface area (Å²) in [6.07, 6.45) is 0. The van der Waals surface area contributed by atoms with Crippen LogP contribution in [0.25, 0.3) is 49.7 Å². The number of nitrogens with zero attached hydrogens (tertiary/aromatic N) is 4. The van der Waals surface area contributed by atoms with Crippen LogP contribution < -0.4 is 9.80 Å². The summed E-state index contributed by atoms with van der Waals surface area (Å²) in [5.74, 6) is 0.959. The Balaban J connectivity index is 1.30. The van der Waals surface area contributed by atoms with E-state index in [0.29, 0.717) is 0 Å². The van der Waals surface area contributed by atoms with Crippen LogP contribution in [0.4, 0.5) is 11.4 Å². The normalized spacial score (nSPS) is 14.0. The maximum atomic E-state index is 5.45. The van der Waals surface area contributed by atoms with Gasteiger partial charge in [0.2, 0.25) is 0 Å². The lowest BCUT2D eigenvalue weighted by atomic mass is 9.99. The smallest absolute Gasteiger partial charge is 0.145 e. The van der Waals surface area contributed by atoms with Crippen molar-refractivity contribution in [1.82, 2.24) is 9.55 Å². The average molecular weight is 672 g/mol. The molecule has 0 radical (unpaired) electrons. The van der Waals surface area contributed by atoms with Gasteiger partial charge in [-0.2, -0.15) is 0 Å². The van der Waals surface area contributed by atoms with Crippen LogP contribution in [0.2, 0.25) is 0 Å². The van der Waals surface area contributed by atoms with Crippen LogP contribution in [0.1, 0.15) is 11.1 Å². The summed E-state index contributed by atoms with van der Waals surface area (Å²) in [7, 11) is 0. The lowest BCUT2D eigenvalue weighted by Crippen LogP contribution is -2.46. The fourth-order valence-electron chi connectivity index (χ4n) is 6.88. The van der Waals surface area contributed by atoms with Crippen molar-refractivity contribution in [3.05, 3.63) is 129 Å². The van der Waals surface area contributed by atoms with Gasteiger partial charge < -0.3 is 9.80 Å². The topological polar surface area (TPSA) is 24.3 Å². The number of rotatable bonds is 2. The van der Waals surface area contributed by atoms with Crippen molar-refractivity contribution >= 4 is 75.8 Å². The van der Waals surface area contributed by atoms with Gasteiger partial charge in [-0.15, -0.1) is 0 Å². The van der Waals surface area contributed by atoms with Crippen molar-refractivity contribution in [3.8, 4) is 17.1 Å². The summed E-state index contributed by atoms with van der Waals surface area (Å²) in [5.41, 5.74) is 9.71. The molecule has 7 aromatic rings. The first-order chi connectivity index (χ1) is 20.6. The van der Waals surface area contributed by atoms with Gasteiger partial charge in [0.05, 0.1) is 17.7 Å². The van der Waals surface area contributed by atoms with Crippen LogP contribution in [-0.4, -0.2) is 16.2 Å². The number of benzene rings is 6. The van der Waals surface area contributed by atoms with E-state index in [1.807, 2.05) is 0 Å². The molecule has 3 heterocycles. The van der Waals surface area contributed by atoms with Crippen LogP contribution in [0.5, 0.6) is 0 Å². The van der Waals surface area contributed by atoms with Crippen molar-refractivity contribution in [2.75, 3.05) is 16.5 Å². The van der Waals surface area contributed by atoms with E-state index in [0.717, 1.165) is 56.8 Å². The van der Waals surface area contributed by atoms with E-state index in [1.165, 1.54) is 44.0 Å². The number of imidazole rings is 1. The maximum absolute atomic E-state index is 5.45. The second-order valence-electron chi connectivity index (χ2n) is 11.2. The number of hydrogen-bond donors (Lipinski definition) is 0. The van der Waals surface area contributed by atoms with Gasteiger partial charge in [-0.3, -0.25) is 4.57 Å². The molecule has 6 heteroatoms. The molecule has 0 spiro atoms. The van der Waals surface area contributed by atoms with E-state index < -0.39 is 0 Å². The SMILES string of the molecule is Brc1ccc(-n2c(-c3ccc4c(c3)N3Cc5ccc(Br)cc5N(C4)C3)nc3c4ccccc4c4ccccc4c32)cc1. The molecule has 0 atom stereocenters. The Bertz CT molecular complexity index is 2220. The molecular weight excluding hydrogens is 648 g/mol. The van der Waals surface area contributed by atoms with E-state index in [-0.39, 0.29) is 0 Å². The molecule has 42 heavy (non-hydrogen) atoms. The minimum absolute atomic E-state index is 0.887. The van der Waals surface area contributed by atoms with Crippen LogP contribution in [-0.2, 0) is 13.1 Å². The Morgan fingerprint density at radius 1 is 0.571 bits per heavy atom. The van der Waals surface area contributed by atoms with Crippen molar-refractivity contribution in [2.24, 2.45) is 0 Å². The van der Waals surface area contributed by atoms with Gasteiger partial charge in [0, 0.05) is 55.4 Å². The monoisotopic (exact) mass is 670 g/mol. The van der Waals surface area contributed by atoms with Gasteiger partial charge in [0.25, 0.3) is 0 Å². The second kappa shape index (κ2) is 9.18. The van der Waals surface area contributed by atoms with Gasteiger partial charge in [-0.25, -0.2) is 4.98 Å². The van der Waals surface area contributed by atoms with Gasteiger partial charge in [-0.1, -0.05) is 98.6 Å². The minimum atomic E-state index is 0.887. The standard InChI is InChI=1S/C36H24Br2N4/c37-25-13-15-27(16-14-25)42-35-31-8-4-2-6-29(31)28-5-1-3-7-30(28)34(35)39-36(42)22-9-10-23-19-41-21-40(32(23)17-22)20-24-11-12-26(38)18-33(24)41/h1-18H,19-21H2. The van der Waals surface area contributed by atoms with Gasteiger partial charge in [0.15, 0.2) is 0 Å². The Labute approximate surface area is 260 Å². The molecule has 0 aliphatic carbocycles. The number of anilines is 2. The highest BCUT2D eigenvalue weighted by Crippen LogP contribution is 2.43. The van der Waals surface area contributed by atoms with Crippen LogP contribution in [0.15, 0.2) is 118 Å². The zero-order valence-corrected chi connectivity index (χ0v) is 25.7. The molecular formula is C36H24Br2N4. The van der Waals surface area contributed by atoms with Gasteiger partial charge in [-0.05, 0) is 64.4 Å². The summed E-state index contributed by atoms with van der Waals surface area (Å²) in [6, 6.07) is 39.5. The Morgan fingerprint density at radius 3 is 1.90 bits per heavy atom. The molecule has 6 aromatic carbocycles. The van der Waals surface area contributed by atoms with Gasteiger partial charge >= 0.3 is 0 Å². The van der Waals surface area contributed by atoms with E-state index in [9.17, 15) is 0 Å². The van der Waals surface area contributed by atoms with E-state index in [4.69, 9.17) is 4.98 Å². The number of hydrogen-bond acceptors (Lipinski definition) is 3. The summed E-state index contributed by atoms with van der Waals surface area (Å²) < 4.78 is 4.54. The third-order valence-electron chi connectivity index (χ3n) is 8.75. The molecule has 4 nitrogen and oxygen atoms in total. The summed E-state index contributed by atoms with van der Waals surface area (Å²) >= 11 is 7.31. The fourth-order valence-corrected chi connectivity index (χ4v) is 7.49. The predicted molar refractivity (Wildman–Crippen MR) is 181 cm³/mol. The molecule has 0 fully saturated rings. The highest BCUT2D eigenvalue weighted by Gasteiger charge is 2.30.